The molecule has 0 saturated carbocycles. The van der Waals surface area contributed by atoms with Crippen LogP contribution in [0.5, 0.6) is 5.75 Å². The maximum Gasteiger partial charge on any atom is 0.167 e. The largest absolute Gasteiger partial charge is 0.496 e. The third-order valence-corrected chi connectivity index (χ3v) is 4.43. The molecule has 1 aromatic heterocycles. The average molecular weight is 334 g/mol. The van der Waals surface area contributed by atoms with Gasteiger partial charge in [0.2, 0.25) is 0 Å². The Morgan fingerprint density at radius 1 is 1.25 bits per heavy atom. The Labute approximate surface area is 139 Å². The van der Waals surface area contributed by atoms with E-state index >= 15 is 0 Å². The van der Waals surface area contributed by atoms with E-state index in [2.05, 4.69) is 4.98 Å². The van der Waals surface area contributed by atoms with Gasteiger partial charge in [-0.3, -0.25) is 9.88 Å². The summed E-state index contributed by atoms with van der Waals surface area (Å²) in [6, 6.07) is 8.16. The number of hydrogen-bond donors (Lipinski definition) is 1. The van der Waals surface area contributed by atoms with Gasteiger partial charge in [-0.1, -0.05) is 6.07 Å². The van der Waals surface area contributed by atoms with Crippen LogP contribution < -0.4 is 4.74 Å². The molecule has 1 saturated heterocycles. The van der Waals surface area contributed by atoms with Crippen molar-refractivity contribution >= 4 is 0 Å². The lowest BCUT2D eigenvalue weighted by Gasteiger charge is -2.18. The minimum Gasteiger partial charge on any atom is -0.496 e. The van der Waals surface area contributed by atoms with Crippen molar-refractivity contribution in [3.8, 4) is 5.75 Å². The molecule has 6 heteroatoms. The molecule has 0 bridgehead atoms. The van der Waals surface area contributed by atoms with Crippen LogP contribution in [-0.4, -0.2) is 41.3 Å². The zero-order valence-corrected chi connectivity index (χ0v) is 13.5. The molecule has 2 atom stereocenters. The Morgan fingerprint density at radius 2 is 2.08 bits per heavy atom. The van der Waals surface area contributed by atoms with E-state index in [0.717, 1.165) is 11.8 Å². The summed E-state index contributed by atoms with van der Waals surface area (Å²) in [7, 11) is 1.43. The van der Waals surface area contributed by atoms with Crippen LogP contribution in [0.15, 0.2) is 36.5 Å². The maximum atomic E-state index is 14.1. The van der Waals surface area contributed by atoms with Crippen LogP contribution in [0.2, 0.25) is 0 Å². The van der Waals surface area contributed by atoms with Crippen molar-refractivity contribution in [3.63, 3.8) is 0 Å². The van der Waals surface area contributed by atoms with E-state index in [1.807, 2.05) is 23.1 Å². The highest BCUT2D eigenvalue weighted by Gasteiger charge is 2.32. The molecule has 128 valence electrons. The number of aromatic nitrogens is 1. The van der Waals surface area contributed by atoms with Gasteiger partial charge in [-0.15, -0.1) is 0 Å². The molecule has 2 aromatic rings. The molecule has 2 heterocycles. The number of rotatable bonds is 5. The standard InChI is InChI=1S/C18H20F2N2O2/c1-24-17-6-5-15(19)18(20)14(17)10-22-9-12(16(23)11-22)8-13-4-2-3-7-21-13/h2-7,12,16,23H,8-11H2,1H3/t12-,16-/m1/s1. The van der Waals surface area contributed by atoms with Crippen LogP contribution in [0.1, 0.15) is 11.3 Å². The summed E-state index contributed by atoms with van der Waals surface area (Å²) in [6.07, 6.45) is 1.86. The van der Waals surface area contributed by atoms with Crippen molar-refractivity contribution in [2.45, 2.75) is 19.1 Å². The van der Waals surface area contributed by atoms with Crippen molar-refractivity contribution in [2.24, 2.45) is 5.92 Å². The average Bonchev–Trinajstić information content (AvgIpc) is 2.92. The fourth-order valence-corrected chi connectivity index (χ4v) is 3.20. The van der Waals surface area contributed by atoms with Gasteiger partial charge in [0.05, 0.1) is 13.2 Å². The van der Waals surface area contributed by atoms with Crippen molar-refractivity contribution in [2.75, 3.05) is 20.2 Å². The monoisotopic (exact) mass is 334 g/mol. The molecule has 4 nitrogen and oxygen atoms in total. The molecular formula is C18H20F2N2O2. The van der Waals surface area contributed by atoms with Crippen LogP contribution in [0.4, 0.5) is 8.78 Å². The number of methoxy groups -OCH3 is 1. The number of ether oxygens (including phenoxy) is 1. The first-order valence-corrected chi connectivity index (χ1v) is 7.89. The van der Waals surface area contributed by atoms with E-state index in [-0.39, 0.29) is 18.0 Å². The van der Waals surface area contributed by atoms with E-state index in [4.69, 9.17) is 4.74 Å². The molecule has 0 amide bonds. The van der Waals surface area contributed by atoms with Gasteiger partial charge in [0.15, 0.2) is 11.6 Å². The number of β-amino-alcohol motifs (C(OH)–C–C–N with tert-alkyl or cyclic N) is 1. The number of aliphatic hydroxyl groups is 1. The van der Waals surface area contributed by atoms with Crippen molar-refractivity contribution in [3.05, 3.63) is 59.4 Å². The number of hydrogen-bond acceptors (Lipinski definition) is 4. The number of pyridine rings is 1. The number of likely N-dealkylation sites (tertiary alicyclic amines) is 1. The van der Waals surface area contributed by atoms with Crippen molar-refractivity contribution < 1.29 is 18.6 Å². The summed E-state index contributed by atoms with van der Waals surface area (Å²) in [5.41, 5.74) is 1.10. The fourth-order valence-electron chi connectivity index (χ4n) is 3.20. The first-order valence-electron chi connectivity index (χ1n) is 7.89. The number of halogens is 2. The third-order valence-electron chi connectivity index (χ3n) is 4.43. The highest BCUT2D eigenvalue weighted by atomic mass is 19.2. The van der Waals surface area contributed by atoms with Crippen molar-refractivity contribution in [1.82, 2.24) is 9.88 Å². The summed E-state index contributed by atoms with van der Waals surface area (Å²) in [4.78, 5) is 6.19. The zero-order chi connectivity index (χ0) is 17.1. The Hall–Kier alpha value is -2.05. The smallest absolute Gasteiger partial charge is 0.167 e. The topological polar surface area (TPSA) is 45.6 Å². The first kappa shape index (κ1) is 16.8. The Balaban J connectivity index is 1.71. The molecule has 24 heavy (non-hydrogen) atoms. The summed E-state index contributed by atoms with van der Waals surface area (Å²) in [6.45, 7) is 1.20. The SMILES string of the molecule is COc1ccc(F)c(F)c1CN1C[C@@H](Cc2ccccn2)[C@H](O)C1. The van der Waals surface area contributed by atoms with E-state index in [1.54, 1.807) is 6.20 Å². The van der Waals surface area contributed by atoms with E-state index in [1.165, 1.54) is 13.2 Å². The summed E-state index contributed by atoms with van der Waals surface area (Å²) in [5, 5.41) is 10.3. The zero-order valence-electron chi connectivity index (χ0n) is 13.5. The molecule has 1 aliphatic heterocycles. The second kappa shape index (κ2) is 7.23. The van der Waals surface area contributed by atoms with Gasteiger partial charge in [0.1, 0.15) is 5.75 Å². The lowest BCUT2D eigenvalue weighted by atomic mass is 10.00. The lowest BCUT2D eigenvalue weighted by molar-refractivity contribution is 0.140. The van der Waals surface area contributed by atoms with E-state index < -0.39 is 17.7 Å². The summed E-state index contributed by atoms with van der Waals surface area (Å²) >= 11 is 0. The Morgan fingerprint density at radius 3 is 2.79 bits per heavy atom. The normalized spacial score (nSPS) is 21.2. The number of benzene rings is 1. The highest BCUT2D eigenvalue weighted by Crippen LogP contribution is 2.28. The minimum atomic E-state index is -0.893. The second-order valence-electron chi connectivity index (χ2n) is 6.09. The van der Waals surface area contributed by atoms with Gasteiger partial charge in [-0.05, 0) is 30.7 Å². The molecule has 3 rings (SSSR count). The van der Waals surface area contributed by atoms with Gasteiger partial charge < -0.3 is 9.84 Å². The molecule has 0 unspecified atom stereocenters. The first-order chi connectivity index (χ1) is 11.6. The number of aliphatic hydroxyl groups excluding tert-OH is 1. The molecule has 0 radical (unpaired) electrons. The minimum absolute atomic E-state index is 0.0162. The van der Waals surface area contributed by atoms with Crippen molar-refractivity contribution in [1.29, 1.82) is 0 Å². The Kier molecular flexibility index (Phi) is 5.06. The van der Waals surface area contributed by atoms with Crippen LogP contribution in [-0.2, 0) is 13.0 Å². The number of nitrogens with zero attached hydrogens (tertiary/aromatic N) is 2. The van der Waals surface area contributed by atoms with Gasteiger partial charge in [-0.25, -0.2) is 8.78 Å². The molecule has 1 aromatic carbocycles. The summed E-state index contributed by atoms with van der Waals surface area (Å²) in [5.74, 6) is -1.45. The van der Waals surface area contributed by atoms with Gasteiger partial charge in [0.25, 0.3) is 0 Å². The predicted molar refractivity (Wildman–Crippen MR) is 85.6 cm³/mol. The van der Waals surface area contributed by atoms with E-state index in [0.29, 0.717) is 25.3 Å². The van der Waals surface area contributed by atoms with Gasteiger partial charge in [0, 0.05) is 43.0 Å². The van der Waals surface area contributed by atoms with Crippen LogP contribution in [0.25, 0.3) is 0 Å². The quantitative estimate of drug-likeness (QED) is 0.912. The molecule has 1 aliphatic rings. The maximum absolute atomic E-state index is 14.1. The molecule has 1 fully saturated rings. The lowest BCUT2D eigenvalue weighted by Crippen LogP contribution is -2.22. The third kappa shape index (κ3) is 3.55. The predicted octanol–water partition coefficient (Wildman–Crippen LogP) is 2.40. The van der Waals surface area contributed by atoms with E-state index in [9.17, 15) is 13.9 Å². The van der Waals surface area contributed by atoms with Crippen LogP contribution >= 0.6 is 0 Å². The molecule has 0 aliphatic carbocycles. The van der Waals surface area contributed by atoms with Crippen LogP contribution in [0.3, 0.4) is 0 Å². The summed E-state index contributed by atoms with van der Waals surface area (Å²) < 4.78 is 32.7. The van der Waals surface area contributed by atoms with Gasteiger partial charge in [-0.2, -0.15) is 0 Å². The molecular weight excluding hydrogens is 314 g/mol. The van der Waals surface area contributed by atoms with Gasteiger partial charge >= 0.3 is 0 Å². The molecule has 1 N–H and O–H groups in total. The van der Waals surface area contributed by atoms with Crippen LogP contribution in [0, 0.1) is 17.6 Å². The fraction of sp³-hybridized carbons (Fsp3) is 0.389. The second-order valence-corrected chi connectivity index (χ2v) is 6.09. The Bertz CT molecular complexity index is 697. The highest BCUT2D eigenvalue weighted by molar-refractivity contribution is 5.35. The molecule has 0 spiro atoms.